The minimum Gasteiger partial charge on any atom is -0.356 e. The lowest BCUT2D eigenvalue weighted by Gasteiger charge is -2.31. The predicted octanol–water partition coefficient (Wildman–Crippen LogP) is 3.53. The van der Waals surface area contributed by atoms with Crippen molar-refractivity contribution >= 4 is 5.96 Å². The van der Waals surface area contributed by atoms with E-state index >= 15 is 0 Å². The highest BCUT2D eigenvalue weighted by atomic mass is 15.2. The number of nitrogens with zero attached hydrogens (tertiary/aromatic N) is 2. The van der Waals surface area contributed by atoms with Gasteiger partial charge >= 0.3 is 0 Å². The molecule has 3 rings (SSSR count). The van der Waals surface area contributed by atoms with Crippen molar-refractivity contribution in [2.75, 3.05) is 20.6 Å². The maximum Gasteiger partial charge on any atom is 0.191 e. The molecule has 2 fully saturated rings. The Bertz CT molecular complexity index is 559. The van der Waals surface area contributed by atoms with Crippen LogP contribution in [0.4, 0.5) is 0 Å². The fourth-order valence-corrected chi connectivity index (χ4v) is 3.77. The molecule has 0 aliphatic heterocycles. The summed E-state index contributed by atoms with van der Waals surface area (Å²) in [6, 6.07) is 9.57. The molecule has 2 aliphatic rings. The zero-order valence-corrected chi connectivity index (χ0v) is 15.9. The Labute approximate surface area is 153 Å². The molecule has 4 nitrogen and oxygen atoms in total. The maximum absolute atomic E-state index is 4.35. The van der Waals surface area contributed by atoms with Crippen molar-refractivity contribution in [2.45, 2.75) is 64.1 Å². The van der Waals surface area contributed by atoms with Crippen LogP contribution in [0.25, 0.3) is 0 Å². The first-order chi connectivity index (χ1) is 12.3. The molecule has 1 aromatic carbocycles. The van der Waals surface area contributed by atoms with E-state index in [4.69, 9.17) is 0 Å². The van der Waals surface area contributed by atoms with E-state index < -0.39 is 0 Å². The van der Waals surface area contributed by atoms with E-state index in [1.165, 1.54) is 56.1 Å². The maximum atomic E-state index is 4.35. The summed E-state index contributed by atoms with van der Waals surface area (Å²) in [7, 11) is 4.14. The van der Waals surface area contributed by atoms with Crippen LogP contribution in [0.3, 0.4) is 0 Å². The van der Waals surface area contributed by atoms with Crippen LogP contribution < -0.4 is 10.6 Å². The number of benzene rings is 1. The van der Waals surface area contributed by atoms with E-state index in [-0.39, 0.29) is 0 Å². The Kier molecular flexibility index (Phi) is 6.74. The Morgan fingerprint density at radius 1 is 1.04 bits per heavy atom. The lowest BCUT2D eigenvalue weighted by Crippen LogP contribution is -2.38. The molecule has 2 saturated carbocycles. The molecule has 0 bridgehead atoms. The number of hydrogen-bond donors (Lipinski definition) is 2. The smallest absolute Gasteiger partial charge is 0.191 e. The molecular formula is C21H34N4. The first-order valence-electron chi connectivity index (χ1n) is 9.98. The van der Waals surface area contributed by atoms with Crippen LogP contribution in [0.5, 0.6) is 0 Å². The van der Waals surface area contributed by atoms with Crippen molar-refractivity contribution < 1.29 is 0 Å². The van der Waals surface area contributed by atoms with Crippen molar-refractivity contribution in [3.8, 4) is 0 Å². The average molecular weight is 343 g/mol. The number of rotatable bonds is 7. The van der Waals surface area contributed by atoms with Crippen LogP contribution in [-0.2, 0) is 13.1 Å². The van der Waals surface area contributed by atoms with Crippen molar-refractivity contribution in [3.63, 3.8) is 0 Å². The summed E-state index contributed by atoms with van der Waals surface area (Å²) in [5.41, 5.74) is 2.81. The summed E-state index contributed by atoms with van der Waals surface area (Å²) < 4.78 is 0. The van der Waals surface area contributed by atoms with Crippen LogP contribution in [0, 0.1) is 5.92 Å². The monoisotopic (exact) mass is 342 g/mol. The number of guanidine groups is 1. The Morgan fingerprint density at radius 3 is 2.44 bits per heavy atom. The Hall–Kier alpha value is -1.55. The van der Waals surface area contributed by atoms with Crippen molar-refractivity contribution in [2.24, 2.45) is 10.9 Å². The van der Waals surface area contributed by atoms with Crippen LogP contribution >= 0.6 is 0 Å². The fraction of sp³-hybridized carbons (Fsp3) is 0.667. The third kappa shape index (κ3) is 5.74. The number of nitrogens with one attached hydrogen (secondary N) is 2. The molecule has 0 spiro atoms. The minimum atomic E-state index is 0.753. The van der Waals surface area contributed by atoms with Crippen LogP contribution in [-0.4, -0.2) is 37.5 Å². The predicted molar refractivity (Wildman–Crippen MR) is 106 cm³/mol. The van der Waals surface area contributed by atoms with Gasteiger partial charge in [0.1, 0.15) is 0 Å². The van der Waals surface area contributed by atoms with Gasteiger partial charge in [-0.05, 0) is 49.8 Å². The van der Waals surface area contributed by atoms with Crippen LogP contribution in [0.1, 0.15) is 56.1 Å². The van der Waals surface area contributed by atoms with Gasteiger partial charge in [-0.15, -0.1) is 0 Å². The SMILES string of the molecule is CN=C(NCc1ccccc1CN(C)C1CCCCC1)NCC1CC1. The van der Waals surface area contributed by atoms with E-state index in [0.717, 1.165) is 37.6 Å². The molecule has 0 atom stereocenters. The molecule has 0 amide bonds. The van der Waals surface area contributed by atoms with Crippen molar-refractivity contribution in [1.82, 2.24) is 15.5 Å². The van der Waals surface area contributed by atoms with E-state index in [1.807, 2.05) is 7.05 Å². The molecule has 2 N–H and O–H groups in total. The molecule has 0 heterocycles. The molecule has 4 heteroatoms. The fourth-order valence-electron chi connectivity index (χ4n) is 3.77. The van der Waals surface area contributed by atoms with E-state index in [9.17, 15) is 0 Å². The highest BCUT2D eigenvalue weighted by Crippen LogP contribution is 2.27. The van der Waals surface area contributed by atoms with Gasteiger partial charge in [0.05, 0.1) is 0 Å². The van der Waals surface area contributed by atoms with Gasteiger partial charge in [-0.1, -0.05) is 43.5 Å². The van der Waals surface area contributed by atoms with Gasteiger partial charge in [0.15, 0.2) is 5.96 Å². The van der Waals surface area contributed by atoms with Gasteiger partial charge in [0.2, 0.25) is 0 Å². The molecule has 1 aromatic rings. The zero-order chi connectivity index (χ0) is 17.5. The van der Waals surface area contributed by atoms with Gasteiger partial charge < -0.3 is 10.6 Å². The zero-order valence-electron chi connectivity index (χ0n) is 15.9. The summed E-state index contributed by atoms with van der Waals surface area (Å²) >= 11 is 0. The molecule has 0 aromatic heterocycles. The molecule has 0 saturated heterocycles. The standard InChI is InChI=1S/C21H34N4/c1-22-21(23-14-17-12-13-17)24-15-18-8-6-7-9-19(18)16-25(2)20-10-4-3-5-11-20/h6-9,17,20H,3-5,10-16H2,1-2H3,(H2,22,23,24). The largest absolute Gasteiger partial charge is 0.356 e. The lowest BCUT2D eigenvalue weighted by atomic mass is 9.94. The van der Waals surface area contributed by atoms with Crippen LogP contribution in [0.15, 0.2) is 29.3 Å². The number of aliphatic imine (C=N–C) groups is 1. The third-order valence-electron chi connectivity index (χ3n) is 5.66. The molecular weight excluding hydrogens is 308 g/mol. The minimum absolute atomic E-state index is 0.753. The second-order valence-corrected chi connectivity index (χ2v) is 7.73. The van der Waals surface area contributed by atoms with Gasteiger partial charge in [-0.2, -0.15) is 0 Å². The lowest BCUT2D eigenvalue weighted by molar-refractivity contribution is 0.184. The molecule has 0 radical (unpaired) electrons. The first kappa shape index (κ1) is 18.2. The average Bonchev–Trinajstić information content (AvgIpc) is 3.48. The Balaban J connectivity index is 1.54. The van der Waals surface area contributed by atoms with E-state index in [0.29, 0.717) is 0 Å². The highest BCUT2D eigenvalue weighted by Gasteiger charge is 2.21. The molecule has 138 valence electrons. The van der Waals surface area contributed by atoms with Gasteiger partial charge in [0, 0.05) is 32.7 Å². The summed E-state index contributed by atoms with van der Waals surface area (Å²) in [5, 5.41) is 6.92. The normalized spacial score (nSPS) is 19.2. The topological polar surface area (TPSA) is 39.7 Å². The van der Waals surface area contributed by atoms with Crippen LogP contribution in [0.2, 0.25) is 0 Å². The van der Waals surface area contributed by atoms with Gasteiger partial charge in [-0.3, -0.25) is 9.89 Å². The molecule has 2 aliphatic carbocycles. The quantitative estimate of drug-likeness (QED) is 0.588. The Morgan fingerprint density at radius 2 is 1.76 bits per heavy atom. The second kappa shape index (κ2) is 9.23. The summed E-state index contributed by atoms with van der Waals surface area (Å²) in [6.45, 7) is 2.92. The second-order valence-electron chi connectivity index (χ2n) is 7.73. The van der Waals surface area contributed by atoms with E-state index in [1.54, 1.807) is 0 Å². The summed E-state index contributed by atoms with van der Waals surface area (Å²) in [6.07, 6.45) is 9.63. The van der Waals surface area contributed by atoms with Gasteiger partial charge in [-0.25, -0.2) is 0 Å². The summed E-state index contributed by atoms with van der Waals surface area (Å²) in [4.78, 5) is 6.90. The van der Waals surface area contributed by atoms with Gasteiger partial charge in [0.25, 0.3) is 0 Å². The van der Waals surface area contributed by atoms with E-state index in [2.05, 4.69) is 51.8 Å². The van der Waals surface area contributed by atoms with Crippen molar-refractivity contribution in [1.29, 1.82) is 0 Å². The first-order valence-corrected chi connectivity index (χ1v) is 9.98. The highest BCUT2D eigenvalue weighted by molar-refractivity contribution is 5.79. The molecule has 25 heavy (non-hydrogen) atoms. The number of hydrogen-bond acceptors (Lipinski definition) is 2. The van der Waals surface area contributed by atoms with Crippen molar-refractivity contribution in [3.05, 3.63) is 35.4 Å². The molecule has 0 unspecified atom stereocenters. The third-order valence-corrected chi connectivity index (χ3v) is 5.66. The summed E-state index contributed by atoms with van der Waals surface area (Å²) in [5.74, 6) is 1.78.